The topological polar surface area (TPSA) is 155 Å². The number of phosphoric ester groups is 1. The quantitative estimate of drug-likeness (QED) is 0.0258. The van der Waals surface area contributed by atoms with Gasteiger partial charge in [-0.3, -0.25) is 18.6 Å². The summed E-state index contributed by atoms with van der Waals surface area (Å²) in [7, 11) is -4.61. The molecule has 0 amide bonds. The van der Waals surface area contributed by atoms with Gasteiger partial charge in [-0.15, -0.1) is 0 Å². The van der Waals surface area contributed by atoms with E-state index in [9.17, 15) is 19.0 Å². The van der Waals surface area contributed by atoms with E-state index in [1.165, 1.54) is 44.9 Å². The molecule has 274 valence electrons. The van der Waals surface area contributed by atoms with Gasteiger partial charge in [0.25, 0.3) is 0 Å². The van der Waals surface area contributed by atoms with E-state index in [1.54, 1.807) is 0 Å². The van der Waals surface area contributed by atoms with Gasteiger partial charge in [0.2, 0.25) is 0 Å². The van der Waals surface area contributed by atoms with Gasteiger partial charge in [-0.2, -0.15) is 0 Å². The number of esters is 1. The van der Waals surface area contributed by atoms with Gasteiger partial charge in [0.1, 0.15) is 12.1 Å². The van der Waals surface area contributed by atoms with Crippen molar-refractivity contribution in [2.75, 3.05) is 26.4 Å². The van der Waals surface area contributed by atoms with Gasteiger partial charge >= 0.3 is 19.8 Å². The second-order valence-corrected chi connectivity index (χ2v) is 13.4. The zero-order valence-corrected chi connectivity index (χ0v) is 30.3. The Labute approximate surface area is 285 Å². The molecular weight excluding hydrogens is 621 g/mol. The average Bonchev–Trinajstić information content (AvgIpc) is 3.04. The fraction of sp³-hybridized carbons (Fsp3) is 0.778. The van der Waals surface area contributed by atoms with Crippen molar-refractivity contribution in [3.63, 3.8) is 0 Å². The Balaban J connectivity index is 4.36. The van der Waals surface area contributed by atoms with E-state index < -0.39 is 45.1 Å². The number of nitrogens with two attached hydrogens (primary N) is 1. The minimum absolute atomic E-state index is 0.0109. The molecule has 0 aromatic heterocycles. The number of carboxylic acids is 1. The number of ether oxygens (including phenoxy) is 2. The van der Waals surface area contributed by atoms with E-state index in [0.29, 0.717) is 13.0 Å². The highest BCUT2D eigenvalue weighted by atomic mass is 31.2. The third kappa shape index (κ3) is 32.5. The lowest BCUT2D eigenvalue weighted by Gasteiger charge is -2.20. The van der Waals surface area contributed by atoms with Crippen LogP contribution in [0.1, 0.15) is 142 Å². The summed E-state index contributed by atoms with van der Waals surface area (Å²) in [4.78, 5) is 33.3. The number of unbranched alkanes of at least 4 members (excludes halogenated alkanes) is 14. The molecule has 0 bridgehead atoms. The molecule has 0 rings (SSSR count). The highest BCUT2D eigenvalue weighted by molar-refractivity contribution is 7.47. The second kappa shape index (κ2) is 32.7. The Hall–Kier alpha value is -1.81. The number of rotatable bonds is 34. The molecule has 11 heteroatoms. The van der Waals surface area contributed by atoms with Crippen molar-refractivity contribution < 1.29 is 42.7 Å². The fourth-order valence-electron chi connectivity index (χ4n) is 4.62. The van der Waals surface area contributed by atoms with Crippen LogP contribution in [-0.2, 0) is 32.7 Å². The van der Waals surface area contributed by atoms with Crippen LogP contribution in [0.25, 0.3) is 0 Å². The summed E-state index contributed by atoms with van der Waals surface area (Å²) in [5.74, 6) is -1.80. The molecule has 0 aromatic carbocycles. The van der Waals surface area contributed by atoms with Gasteiger partial charge in [0, 0.05) is 13.0 Å². The van der Waals surface area contributed by atoms with Crippen molar-refractivity contribution in [1.82, 2.24) is 0 Å². The highest BCUT2D eigenvalue weighted by Crippen LogP contribution is 2.43. The van der Waals surface area contributed by atoms with Crippen molar-refractivity contribution in [3.05, 3.63) is 36.5 Å². The van der Waals surface area contributed by atoms with Crippen molar-refractivity contribution in [2.45, 2.75) is 154 Å². The molecule has 0 aliphatic rings. The molecule has 0 heterocycles. The Morgan fingerprint density at radius 1 is 0.702 bits per heavy atom. The zero-order chi connectivity index (χ0) is 34.9. The monoisotopic (exact) mass is 687 g/mol. The number of hydrogen-bond acceptors (Lipinski definition) is 8. The number of allylic oxidation sites excluding steroid dienone is 6. The SMILES string of the molecule is CC/C=C\C/C=C\C/C=C\CCCCCCCC(=O)OC(COCCCCCCCCCCCC)COP(=O)(O)OCC(N)C(=O)O. The van der Waals surface area contributed by atoms with Crippen molar-refractivity contribution >= 4 is 19.8 Å². The number of carboxylic acid groups (broad SMARTS) is 1. The maximum Gasteiger partial charge on any atom is 0.472 e. The lowest BCUT2D eigenvalue weighted by atomic mass is 10.1. The minimum Gasteiger partial charge on any atom is -0.480 e. The van der Waals surface area contributed by atoms with Crippen LogP contribution >= 0.6 is 7.82 Å². The summed E-state index contributed by atoms with van der Waals surface area (Å²) in [6.07, 6.45) is 33.4. The van der Waals surface area contributed by atoms with Crippen molar-refractivity contribution in [2.24, 2.45) is 5.73 Å². The first-order chi connectivity index (χ1) is 22.7. The predicted octanol–water partition coefficient (Wildman–Crippen LogP) is 8.97. The van der Waals surface area contributed by atoms with Gasteiger partial charge < -0.3 is 25.2 Å². The normalized spacial score (nSPS) is 14.6. The standard InChI is InChI=1S/C36H66NO9P/c1-3-5-7-9-11-13-15-16-17-18-19-20-22-24-26-28-35(38)46-33(31-44-47(41,42)45-32-34(37)36(39)40)30-43-29-27-25-23-21-14-12-10-8-6-4-2/h5,7,11,13,16-17,33-34H,3-4,6,8-10,12,14-15,18-32,37H2,1-2H3,(H,39,40)(H,41,42)/b7-5-,13-11-,17-16-. The first-order valence-corrected chi connectivity index (χ1v) is 19.5. The molecule has 0 spiro atoms. The molecule has 10 nitrogen and oxygen atoms in total. The van der Waals surface area contributed by atoms with E-state index in [4.69, 9.17) is 24.8 Å². The van der Waals surface area contributed by atoms with E-state index in [0.717, 1.165) is 70.6 Å². The van der Waals surface area contributed by atoms with Crippen LogP contribution in [0.3, 0.4) is 0 Å². The van der Waals surface area contributed by atoms with E-state index in [-0.39, 0.29) is 13.0 Å². The Morgan fingerprint density at radius 3 is 1.85 bits per heavy atom. The van der Waals surface area contributed by atoms with Crippen LogP contribution in [-0.4, -0.2) is 60.5 Å². The molecule has 0 aliphatic carbocycles. The third-order valence-corrected chi connectivity index (χ3v) is 8.38. The molecular formula is C36H66NO9P. The predicted molar refractivity (Wildman–Crippen MR) is 189 cm³/mol. The molecule has 3 unspecified atom stereocenters. The molecule has 3 atom stereocenters. The third-order valence-electron chi connectivity index (χ3n) is 7.43. The molecule has 4 N–H and O–H groups in total. The summed E-state index contributed by atoms with van der Waals surface area (Å²) < 4.78 is 33.1. The van der Waals surface area contributed by atoms with Gasteiger partial charge in [-0.05, 0) is 44.9 Å². The fourth-order valence-corrected chi connectivity index (χ4v) is 5.39. The lowest BCUT2D eigenvalue weighted by molar-refractivity contribution is -0.154. The Kier molecular flexibility index (Phi) is 31.5. The van der Waals surface area contributed by atoms with Crippen molar-refractivity contribution in [3.8, 4) is 0 Å². The molecule has 0 saturated heterocycles. The maximum absolute atomic E-state index is 12.5. The average molecular weight is 688 g/mol. The van der Waals surface area contributed by atoms with Crippen LogP contribution in [0, 0.1) is 0 Å². The molecule has 0 saturated carbocycles. The summed E-state index contributed by atoms with van der Waals surface area (Å²) in [5, 5.41) is 8.84. The number of phosphoric acid groups is 1. The number of aliphatic carboxylic acids is 1. The van der Waals surface area contributed by atoms with E-state index >= 15 is 0 Å². The summed E-state index contributed by atoms with van der Waals surface area (Å²) in [6, 6.07) is -1.47. The molecule has 0 fully saturated rings. The first-order valence-electron chi connectivity index (χ1n) is 18.0. The van der Waals surface area contributed by atoms with Gasteiger partial charge in [0.05, 0.1) is 19.8 Å². The van der Waals surface area contributed by atoms with Crippen LogP contribution < -0.4 is 5.73 Å². The Bertz CT molecular complexity index is 894. The molecule has 47 heavy (non-hydrogen) atoms. The van der Waals surface area contributed by atoms with Gasteiger partial charge in [-0.1, -0.05) is 127 Å². The number of carbonyl (C=O) groups is 2. The van der Waals surface area contributed by atoms with Crippen LogP contribution in [0.15, 0.2) is 36.5 Å². The number of carbonyl (C=O) groups excluding carboxylic acids is 1. The van der Waals surface area contributed by atoms with Crippen LogP contribution in [0.4, 0.5) is 0 Å². The minimum atomic E-state index is -4.61. The van der Waals surface area contributed by atoms with E-state index in [1.807, 2.05) is 0 Å². The summed E-state index contributed by atoms with van der Waals surface area (Å²) in [5.41, 5.74) is 5.32. The maximum atomic E-state index is 12.5. The van der Waals surface area contributed by atoms with Crippen molar-refractivity contribution in [1.29, 1.82) is 0 Å². The van der Waals surface area contributed by atoms with Gasteiger partial charge in [-0.25, -0.2) is 4.57 Å². The lowest BCUT2D eigenvalue weighted by Crippen LogP contribution is -2.34. The summed E-state index contributed by atoms with van der Waals surface area (Å²) >= 11 is 0. The van der Waals surface area contributed by atoms with Crippen LogP contribution in [0.2, 0.25) is 0 Å². The summed E-state index contributed by atoms with van der Waals surface area (Å²) in [6.45, 7) is 3.71. The largest absolute Gasteiger partial charge is 0.480 e. The van der Waals surface area contributed by atoms with E-state index in [2.05, 4.69) is 54.8 Å². The highest BCUT2D eigenvalue weighted by Gasteiger charge is 2.27. The molecule has 0 radical (unpaired) electrons. The molecule has 0 aromatic rings. The number of hydrogen-bond donors (Lipinski definition) is 3. The smallest absolute Gasteiger partial charge is 0.472 e. The first kappa shape index (κ1) is 45.2. The zero-order valence-electron chi connectivity index (χ0n) is 29.4. The molecule has 0 aliphatic heterocycles. The second-order valence-electron chi connectivity index (χ2n) is 12.0. The van der Waals surface area contributed by atoms with Gasteiger partial charge in [0.15, 0.2) is 0 Å². The van der Waals surface area contributed by atoms with Crippen LogP contribution in [0.5, 0.6) is 0 Å². The Morgan fingerprint density at radius 2 is 1.23 bits per heavy atom.